The standard InChI is InChI=1S/C14H20O3/c1-3-4-11(2)17-13-8-5-12(6-9-13)7-10-14(15)16/h5-6,8-9,11H,3-4,7,10H2,1-2H3,(H,15,16). The lowest BCUT2D eigenvalue weighted by Crippen LogP contribution is -2.10. The van der Waals surface area contributed by atoms with Gasteiger partial charge in [-0.25, -0.2) is 0 Å². The number of hydrogen-bond donors (Lipinski definition) is 1. The molecule has 0 bridgehead atoms. The summed E-state index contributed by atoms with van der Waals surface area (Å²) in [6.45, 7) is 4.19. The van der Waals surface area contributed by atoms with Gasteiger partial charge >= 0.3 is 5.97 Å². The molecule has 0 saturated heterocycles. The average Bonchev–Trinajstić information content (AvgIpc) is 2.28. The van der Waals surface area contributed by atoms with Crippen LogP contribution in [0, 0.1) is 0 Å². The summed E-state index contributed by atoms with van der Waals surface area (Å²) in [7, 11) is 0. The highest BCUT2D eigenvalue weighted by atomic mass is 16.5. The fraction of sp³-hybridized carbons (Fsp3) is 0.500. The molecular formula is C14H20O3. The Morgan fingerprint density at radius 3 is 2.53 bits per heavy atom. The lowest BCUT2D eigenvalue weighted by Gasteiger charge is -2.13. The number of carboxylic acid groups (broad SMARTS) is 1. The number of aliphatic carboxylic acids is 1. The van der Waals surface area contributed by atoms with E-state index in [9.17, 15) is 4.79 Å². The molecule has 3 heteroatoms. The quantitative estimate of drug-likeness (QED) is 0.790. The molecule has 3 nitrogen and oxygen atoms in total. The first-order chi connectivity index (χ1) is 8.11. The molecule has 0 aliphatic carbocycles. The van der Waals surface area contributed by atoms with Gasteiger partial charge in [-0.05, 0) is 37.5 Å². The Hall–Kier alpha value is -1.51. The van der Waals surface area contributed by atoms with E-state index in [-0.39, 0.29) is 12.5 Å². The van der Waals surface area contributed by atoms with Crippen LogP contribution >= 0.6 is 0 Å². The van der Waals surface area contributed by atoms with Crippen LogP contribution in [0.25, 0.3) is 0 Å². The highest BCUT2D eigenvalue weighted by molar-refractivity contribution is 5.67. The minimum Gasteiger partial charge on any atom is -0.491 e. The van der Waals surface area contributed by atoms with Gasteiger partial charge in [0.1, 0.15) is 5.75 Å². The molecule has 94 valence electrons. The third kappa shape index (κ3) is 5.38. The zero-order chi connectivity index (χ0) is 12.7. The molecule has 1 rings (SSSR count). The minimum atomic E-state index is -0.762. The fourth-order valence-electron chi connectivity index (χ4n) is 1.68. The summed E-state index contributed by atoms with van der Waals surface area (Å²) in [6, 6.07) is 7.67. The highest BCUT2D eigenvalue weighted by Gasteiger charge is 2.03. The van der Waals surface area contributed by atoms with Gasteiger partial charge in [0, 0.05) is 6.42 Å². The van der Waals surface area contributed by atoms with Gasteiger partial charge in [-0.1, -0.05) is 25.5 Å². The van der Waals surface area contributed by atoms with Crippen molar-refractivity contribution in [3.05, 3.63) is 29.8 Å². The van der Waals surface area contributed by atoms with Gasteiger partial charge < -0.3 is 9.84 Å². The second-order valence-corrected chi connectivity index (χ2v) is 4.25. The van der Waals surface area contributed by atoms with Gasteiger partial charge in [0.15, 0.2) is 0 Å². The number of benzene rings is 1. The van der Waals surface area contributed by atoms with Crippen molar-refractivity contribution < 1.29 is 14.6 Å². The average molecular weight is 236 g/mol. The summed E-state index contributed by atoms with van der Waals surface area (Å²) in [5, 5.41) is 8.58. The molecular weight excluding hydrogens is 216 g/mol. The van der Waals surface area contributed by atoms with Gasteiger partial charge in [0.25, 0.3) is 0 Å². The van der Waals surface area contributed by atoms with Crippen molar-refractivity contribution >= 4 is 5.97 Å². The van der Waals surface area contributed by atoms with E-state index in [0.29, 0.717) is 6.42 Å². The molecule has 1 N–H and O–H groups in total. The Balaban J connectivity index is 2.47. The van der Waals surface area contributed by atoms with Crippen molar-refractivity contribution in [2.75, 3.05) is 0 Å². The number of aryl methyl sites for hydroxylation is 1. The Bertz CT molecular complexity index is 343. The third-order valence-corrected chi connectivity index (χ3v) is 2.58. The van der Waals surface area contributed by atoms with Gasteiger partial charge in [-0.15, -0.1) is 0 Å². The number of carbonyl (C=O) groups is 1. The van der Waals surface area contributed by atoms with Crippen LogP contribution in [0.3, 0.4) is 0 Å². The third-order valence-electron chi connectivity index (χ3n) is 2.58. The van der Waals surface area contributed by atoms with E-state index in [4.69, 9.17) is 9.84 Å². The van der Waals surface area contributed by atoms with E-state index in [1.165, 1.54) is 0 Å². The van der Waals surface area contributed by atoms with Crippen LogP contribution in [0.2, 0.25) is 0 Å². The number of carboxylic acids is 1. The van der Waals surface area contributed by atoms with Gasteiger partial charge in [0.05, 0.1) is 6.10 Å². The summed E-state index contributed by atoms with van der Waals surface area (Å²) >= 11 is 0. The normalized spacial score (nSPS) is 12.1. The van der Waals surface area contributed by atoms with E-state index >= 15 is 0 Å². The van der Waals surface area contributed by atoms with Crippen LogP contribution in [-0.2, 0) is 11.2 Å². The molecule has 0 aromatic heterocycles. The van der Waals surface area contributed by atoms with E-state index < -0.39 is 5.97 Å². The fourth-order valence-corrected chi connectivity index (χ4v) is 1.68. The highest BCUT2D eigenvalue weighted by Crippen LogP contribution is 2.16. The molecule has 0 radical (unpaired) electrons. The molecule has 0 spiro atoms. The molecule has 17 heavy (non-hydrogen) atoms. The van der Waals surface area contributed by atoms with Crippen LogP contribution in [0.4, 0.5) is 0 Å². The Morgan fingerprint density at radius 2 is 2.00 bits per heavy atom. The first-order valence-electron chi connectivity index (χ1n) is 6.09. The first kappa shape index (κ1) is 13.6. The molecule has 0 aliphatic heterocycles. The maximum absolute atomic E-state index is 10.4. The Kier molecular flexibility index (Phi) is 5.53. The van der Waals surface area contributed by atoms with E-state index in [1.807, 2.05) is 24.3 Å². The second-order valence-electron chi connectivity index (χ2n) is 4.25. The van der Waals surface area contributed by atoms with Crippen molar-refractivity contribution in [1.82, 2.24) is 0 Å². The van der Waals surface area contributed by atoms with Crippen molar-refractivity contribution in [3.8, 4) is 5.75 Å². The van der Waals surface area contributed by atoms with Gasteiger partial charge in [0.2, 0.25) is 0 Å². The minimum absolute atomic E-state index is 0.173. The van der Waals surface area contributed by atoms with E-state index in [2.05, 4.69) is 13.8 Å². The summed E-state index contributed by atoms with van der Waals surface area (Å²) in [6.07, 6.45) is 3.12. The summed E-state index contributed by atoms with van der Waals surface area (Å²) in [5.41, 5.74) is 1.03. The van der Waals surface area contributed by atoms with Crippen molar-refractivity contribution in [2.24, 2.45) is 0 Å². The molecule has 0 aliphatic rings. The first-order valence-corrected chi connectivity index (χ1v) is 6.09. The molecule has 0 heterocycles. The van der Waals surface area contributed by atoms with Crippen LogP contribution < -0.4 is 4.74 Å². The summed E-state index contributed by atoms with van der Waals surface area (Å²) < 4.78 is 5.72. The van der Waals surface area contributed by atoms with E-state index in [1.54, 1.807) is 0 Å². The van der Waals surface area contributed by atoms with Gasteiger partial charge in [-0.2, -0.15) is 0 Å². The molecule has 0 fully saturated rings. The topological polar surface area (TPSA) is 46.5 Å². The molecule has 1 aromatic rings. The van der Waals surface area contributed by atoms with Crippen LogP contribution in [0.15, 0.2) is 24.3 Å². The molecule has 1 unspecified atom stereocenters. The predicted octanol–water partition coefficient (Wildman–Crippen LogP) is 3.27. The molecule has 0 amide bonds. The van der Waals surface area contributed by atoms with E-state index in [0.717, 1.165) is 24.2 Å². The monoisotopic (exact) mass is 236 g/mol. The zero-order valence-electron chi connectivity index (χ0n) is 10.5. The smallest absolute Gasteiger partial charge is 0.303 e. The van der Waals surface area contributed by atoms with Crippen molar-refractivity contribution in [3.63, 3.8) is 0 Å². The maximum atomic E-state index is 10.4. The Morgan fingerprint density at radius 1 is 1.35 bits per heavy atom. The lowest BCUT2D eigenvalue weighted by atomic mass is 10.1. The SMILES string of the molecule is CCCC(C)Oc1ccc(CCC(=O)O)cc1. The molecule has 0 saturated carbocycles. The van der Waals surface area contributed by atoms with Crippen molar-refractivity contribution in [2.45, 2.75) is 45.6 Å². The number of hydrogen-bond acceptors (Lipinski definition) is 2. The molecule has 1 atom stereocenters. The lowest BCUT2D eigenvalue weighted by molar-refractivity contribution is -0.136. The summed E-state index contributed by atoms with van der Waals surface area (Å²) in [4.78, 5) is 10.4. The van der Waals surface area contributed by atoms with Crippen molar-refractivity contribution in [1.29, 1.82) is 0 Å². The largest absolute Gasteiger partial charge is 0.491 e. The zero-order valence-corrected chi connectivity index (χ0v) is 10.5. The van der Waals surface area contributed by atoms with Gasteiger partial charge in [-0.3, -0.25) is 4.79 Å². The maximum Gasteiger partial charge on any atom is 0.303 e. The second kappa shape index (κ2) is 6.94. The Labute approximate surface area is 102 Å². The van der Waals surface area contributed by atoms with Crippen LogP contribution in [0.1, 0.15) is 38.7 Å². The molecule has 1 aromatic carbocycles. The predicted molar refractivity (Wildman–Crippen MR) is 67.4 cm³/mol. The number of ether oxygens (including phenoxy) is 1. The number of rotatable bonds is 7. The van der Waals surface area contributed by atoms with Crippen LogP contribution in [0.5, 0.6) is 5.75 Å². The summed E-state index contributed by atoms with van der Waals surface area (Å²) in [5.74, 6) is 0.0897. The van der Waals surface area contributed by atoms with Crippen LogP contribution in [-0.4, -0.2) is 17.2 Å².